The lowest BCUT2D eigenvalue weighted by atomic mass is 10.0. The minimum atomic E-state index is 1.11. The third-order valence-electron chi connectivity index (χ3n) is 3.12. The van der Waals surface area contributed by atoms with E-state index in [0.29, 0.717) is 0 Å². The molecule has 1 aliphatic rings. The maximum Gasteiger partial charge on any atom is 0.0487 e. The van der Waals surface area contributed by atoms with Crippen molar-refractivity contribution in [2.75, 3.05) is 5.08 Å². The molecule has 0 nitrogen and oxygen atoms in total. The van der Waals surface area contributed by atoms with Crippen molar-refractivity contribution in [1.29, 1.82) is 0 Å². The number of benzene rings is 2. The molecule has 0 aromatic heterocycles. The van der Waals surface area contributed by atoms with Gasteiger partial charge >= 0.3 is 0 Å². The molecule has 0 N–H and O–H groups in total. The van der Waals surface area contributed by atoms with Crippen molar-refractivity contribution in [3.05, 3.63) is 47.5 Å². The fourth-order valence-corrected chi connectivity index (χ4v) is 4.70. The minimum Gasteiger partial charge on any atom is -0.114 e. The van der Waals surface area contributed by atoms with E-state index in [4.69, 9.17) is 0 Å². The molecule has 0 atom stereocenters. The lowest BCUT2D eigenvalue weighted by Gasteiger charge is -2.11. The fraction of sp³-hybridized carbons (Fsp3) is 0.200. The average Bonchev–Trinajstić information content (AvgIpc) is 2.51. The summed E-state index contributed by atoms with van der Waals surface area (Å²) in [5.41, 5.74) is 5.59. The number of aryl methyl sites for hydroxylation is 2. The third-order valence-corrected chi connectivity index (χ3v) is 5.72. The van der Waals surface area contributed by atoms with E-state index < -0.39 is 0 Å². The minimum absolute atomic E-state index is 1.11. The van der Waals surface area contributed by atoms with Crippen LogP contribution in [0.3, 0.4) is 0 Å². The molecule has 2 aromatic carbocycles. The molecule has 0 spiro atoms. The summed E-state index contributed by atoms with van der Waals surface area (Å²) in [5.74, 6) is 0. The monoisotopic (exact) mass is 258 g/mol. The first kappa shape index (κ1) is 11.2. The highest BCUT2D eigenvalue weighted by molar-refractivity contribution is 8.16. The van der Waals surface area contributed by atoms with Gasteiger partial charge in [-0.3, -0.25) is 0 Å². The highest BCUT2D eigenvalue weighted by atomic mass is 32.2. The second-order valence-corrected chi connectivity index (χ2v) is 6.65. The van der Waals surface area contributed by atoms with Crippen molar-refractivity contribution in [1.82, 2.24) is 0 Å². The summed E-state index contributed by atoms with van der Waals surface area (Å²) in [6, 6.07) is 13.2. The van der Waals surface area contributed by atoms with E-state index in [2.05, 4.69) is 50.2 Å². The third kappa shape index (κ3) is 1.90. The molecule has 0 saturated carbocycles. The molecule has 3 rings (SSSR count). The van der Waals surface area contributed by atoms with E-state index in [0.717, 1.165) is 5.08 Å². The van der Waals surface area contributed by atoms with E-state index >= 15 is 0 Å². The van der Waals surface area contributed by atoms with Crippen molar-refractivity contribution in [3.8, 4) is 11.1 Å². The number of hydrogen-bond donors (Lipinski definition) is 0. The summed E-state index contributed by atoms with van der Waals surface area (Å²) in [4.78, 5) is 2.90. The van der Waals surface area contributed by atoms with Gasteiger partial charge in [-0.1, -0.05) is 36.4 Å². The molecule has 0 radical (unpaired) electrons. The summed E-state index contributed by atoms with van der Waals surface area (Å²) in [7, 11) is 0. The van der Waals surface area contributed by atoms with Crippen molar-refractivity contribution in [2.24, 2.45) is 0 Å². The first-order chi connectivity index (χ1) is 8.27. The Morgan fingerprint density at radius 2 is 1.24 bits per heavy atom. The number of thioether (sulfide) groups is 2. The zero-order chi connectivity index (χ0) is 11.8. The standard InChI is InChI=1S/C15H14S2/c1-10-5-3-7-12-13-8-4-6-11(2)15(13)17-9-16-14(10)12/h3-8H,9H2,1-2H3. The lowest BCUT2D eigenvalue weighted by Crippen LogP contribution is -1.87. The Morgan fingerprint density at radius 3 is 1.71 bits per heavy atom. The summed E-state index contributed by atoms with van der Waals surface area (Å²) in [6.45, 7) is 4.41. The van der Waals surface area contributed by atoms with Crippen LogP contribution in [-0.2, 0) is 0 Å². The number of rotatable bonds is 0. The van der Waals surface area contributed by atoms with Crippen LogP contribution in [0, 0.1) is 13.8 Å². The van der Waals surface area contributed by atoms with Crippen LogP contribution in [0.15, 0.2) is 46.2 Å². The van der Waals surface area contributed by atoms with Crippen molar-refractivity contribution in [3.63, 3.8) is 0 Å². The van der Waals surface area contributed by atoms with E-state index in [1.807, 2.05) is 23.5 Å². The van der Waals surface area contributed by atoms with Gasteiger partial charge in [0.05, 0.1) is 0 Å². The summed E-state index contributed by atoms with van der Waals surface area (Å²) in [5, 5.41) is 1.11. The van der Waals surface area contributed by atoms with Gasteiger partial charge in [-0.25, -0.2) is 0 Å². The second kappa shape index (κ2) is 4.43. The van der Waals surface area contributed by atoms with E-state index in [1.54, 1.807) is 0 Å². The normalized spacial score (nSPS) is 13.8. The summed E-state index contributed by atoms with van der Waals surface area (Å²) in [6.07, 6.45) is 0. The average molecular weight is 258 g/mol. The second-order valence-electron chi connectivity index (χ2n) is 4.31. The molecule has 1 heterocycles. The molecular formula is C15H14S2. The molecule has 0 fully saturated rings. The van der Waals surface area contributed by atoms with E-state index in [9.17, 15) is 0 Å². The van der Waals surface area contributed by atoms with Crippen molar-refractivity contribution >= 4 is 23.5 Å². The predicted molar refractivity (Wildman–Crippen MR) is 77.9 cm³/mol. The molecule has 1 aliphatic heterocycles. The highest BCUT2D eigenvalue weighted by Crippen LogP contribution is 2.45. The van der Waals surface area contributed by atoms with Crippen molar-refractivity contribution in [2.45, 2.75) is 23.6 Å². The van der Waals surface area contributed by atoms with Gasteiger partial charge in [0.25, 0.3) is 0 Å². The molecular weight excluding hydrogens is 244 g/mol. The van der Waals surface area contributed by atoms with Crippen LogP contribution < -0.4 is 0 Å². The van der Waals surface area contributed by atoms with Crippen LogP contribution >= 0.6 is 23.5 Å². The topological polar surface area (TPSA) is 0 Å². The zero-order valence-corrected chi connectivity index (χ0v) is 11.6. The number of fused-ring (bicyclic) bond motifs is 3. The molecule has 0 saturated heterocycles. The Labute approximate surface area is 111 Å². The number of hydrogen-bond acceptors (Lipinski definition) is 2. The van der Waals surface area contributed by atoms with Crippen LogP contribution in [0.25, 0.3) is 11.1 Å². The largest absolute Gasteiger partial charge is 0.114 e. The first-order valence-corrected chi connectivity index (χ1v) is 7.69. The Kier molecular flexibility index (Phi) is 2.93. The maximum absolute atomic E-state index is 2.25. The molecule has 0 amide bonds. The fourth-order valence-electron chi connectivity index (χ4n) is 2.26. The highest BCUT2D eigenvalue weighted by Gasteiger charge is 2.17. The SMILES string of the molecule is Cc1cccc2c1SCSc1c(C)cccc1-2. The quantitative estimate of drug-likeness (QED) is 0.643. The van der Waals surface area contributed by atoms with Crippen LogP contribution in [0.5, 0.6) is 0 Å². The van der Waals surface area contributed by atoms with Gasteiger partial charge in [0.1, 0.15) is 0 Å². The smallest absolute Gasteiger partial charge is 0.0487 e. The van der Waals surface area contributed by atoms with Crippen LogP contribution in [0.1, 0.15) is 11.1 Å². The van der Waals surface area contributed by atoms with Gasteiger partial charge < -0.3 is 0 Å². The van der Waals surface area contributed by atoms with Crippen LogP contribution in [-0.4, -0.2) is 5.08 Å². The Morgan fingerprint density at radius 1 is 0.765 bits per heavy atom. The summed E-state index contributed by atoms with van der Waals surface area (Å²) < 4.78 is 0. The molecule has 86 valence electrons. The van der Waals surface area contributed by atoms with Gasteiger partial charge in [-0.05, 0) is 36.1 Å². The van der Waals surface area contributed by atoms with Crippen LogP contribution in [0.4, 0.5) is 0 Å². The molecule has 2 aromatic rings. The summed E-state index contributed by atoms with van der Waals surface area (Å²) >= 11 is 3.93. The molecule has 17 heavy (non-hydrogen) atoms. The Bertz CT molecular complexity index is 522. The molecule has 2 heteroatoms. The van der Waals surface area contributed by atoms with E-state index in [-0.39, 0.29) is 0 Å². The van der Waals surface area contributed by atoms with Gasteiger partial charge in [-0.15, -0.1) is 23.5 Å². The zero-order valence-electron chi connectivity index (χ0n) is 9.99. The van der Waals surface area contributed by atoms with Gasteiger partial charge in [0, 0.05) is 14.9 Å². The Hall–Kier alpha value is -0.860. The maximum atomic E-state index is 2.25. The van der Waals surface area contributed by atoms with Crippen LogP contribution in [0.2, 0.25) is 0 Å². The Balaban J connectivity index is 2.32. The predicted octanol–water partition coefficient (Wildman–Crippen LogP) is 5.13. The first-order valence-electron chi connectivity index (χ1n) is 5.72. The lowest BCUT2D eigenvalue weighted by molar-refractivity contribution is 1.26. The van der Waals surface area contributed by atoms with E-state index in [1.165, 1.54) is 32.0 Å². The molecule has 0 aliphatic carbocycles. The van der Waals surface area contributed by atoms with Gasteiger partial charge in [0.2, 0.25) is 0 Å². The molecule has 0 bridgehead atoms. The van der Waals surface area contributed by atoms with Gasteiger partial charge in [-0.2, -0.15) is 0 Å². The van der Waals surface area contributed by atoms with Crippen molar-refractivity contribution < 1.29 is 0 Å². The molecule has 0 unspecified atom stereocenters. The van der Waals surface area contributed by atoms with Gasteiger partial charge in [0.15, 0.2) is 0 Å².